The molecule has 0 amide bonds. The molecule has 0 nitrogen and oxygen atoms in total. The smallest absolute Gasteiger partial charge is 0.0249 e. The van der Waals surface area contributed by atoms with Gasteiger partial charge in [-0.05, 0) is 50.9 Å². The largest absolute Gasteiger partial charge is 0.115 e. The topological polar surface area (TPSA) is 0 Å². The van der Waals surface area contributed by atoms with Crippen LogP contribution >= 0.6 is 0 Å². The molecule has 1 aliphatic carbocycles. The van der Waals surface area contributed by atoms with Gasteiger partial charge in [0.15, 0.2) is 0 Å². The van der Waals surface area contributed by atoms with Crippen LogP contribution in [0, 0.1) is 12.3 Å². The van der Waals surface area contributed by atoms with Gasteiger partial charge in [0.1, 0.15) is 0 Å². The van der Waals surface area contributed by atoms with Gasteiger partial charge in [-0.25, -0.2) is 0 Å². The first-order valence-electron chi connectivity index (χ1n) is 6.01. The Morgan fingerprint density at radius 1 is 0.833 bits per heavy atom. The maximum absolute atomic E-state index is 5.49. The predicted molar refractivity (Wildman–Crippen MR) is 78.3 cm³/mol. The number of rotatable bonds is 0. The van der Waals surface area contributed by atoms with Gasteiger partial charge >= 0.3 is 0 Å². The molecule has 0 spiro atoms. The highest BCUT2D eigenvalue weighted by molar-refractivity contribution is 6.16. The van der Waals surface area contributed by atoms with Crippen LogP contribution in [0.4, 0.5) is 0 Å². The van der Waals surface area contributed by atoms with E-state index in [-0.39, 0.29) is 0 Å². The van der Waals surface area contributed by atoms with Gasteiger partial charge in [0, 0.05) is 5.56 Å². The summed E-state index contributed by atoms with van der Waals surface area (Å²) in [6, 6.07) is 14.9. The fraction of sp³-hybridized carbons (Fsp3) is 0. The van der Waals surface area contributed by atoms with Gasteiger partial charge in [-0.2, -0.15) is 0 Å². The second-order valence-electron chi connectivity index (χ2n) is 4.65. The predicted octanol–water partition coefficient (Wildman–Crippen LogP) is 4.46. The number of terminal acetylenes is 1. The minimum Gasteiger partial charge on any atom is -0.115 e. The highest BCUT2D eigenvalue weighted by Gasteiger charge is 2.11. The Bertz CT molecular complexity index is 874. The third-order valence-corrected chi connectivity index (χ3v) is 3.65. The quantitative estimate of drug-likeness (QED) is 0.307. The van der Waals surface area contributed by atoms with Crippen molar-refractivity contribution in [3.05, 3.63) is 59.2 Å². The van der Waals surface area contributed by atoms with E-state index >= 15 is 0 Å². The van der Waals surface area contributed by atoms with Crippen molar-refractivity contribution in [3.63, 3.8) is 0 Å². The number of benzene rings is 3. The zero-order valence-corrected chi connectivity index (χ0v) is 9.77. The van der Waals surface area contributed by atoms with Crippen LogP contribution < -0.4 is 0 Å². The molecule has 0 radical (unpaired) electrons. The lowest BCUT2D eigenvalue weighted by molar-refractivity contribution is 1.70. The van der Waals surface area contributed by atoms with Crippen LogP contribution in [0.3, 0.4) is 0 Å². The second kappa shape index (κ2) is 3.24. The highest BCUT2D eigenvalue weighted by atomic mass is 14.1. The SMILES string of the molecule is C#Cc1ccc2cc3c4c(cccc4c2c1)C=C3. The van der Waals surface area contributed by atoms with Gasteiger partial charge in [0.25, 0.3) is 0 Å². The normalized spacial score (nSPS) is 12.2. The van der Waals surface area contributed by atoms with Gasteiger partial charge < -0.3 is 0 Å². The molecule has 0 heteroatoms. The number of hydrogen-bond acceptors (Lipinski definition) is 0. The van der Waals surface area contributed by atoms with Crippen LogP contribution in [0.25, 0.3) is 33.7 Å². The van der Waals surface area contributed by atoms with E-state index in [1.807, 2.05) is 6.07 Å². The van der Waals surface area contributed by atoms with Crippen molar-refractivity contribution in [3.8, 4) is 12.3 Å². The minimum atomic E-state index is 0.939. The Hall–Kier alpha value is -2.52. The Morgan fingerprint density at radius 2 is 1.72 bits per heavy atom. The molecule has 0 heterocycles. The van der Waals surface area contributed by atoms with Crippen LogP contribution in [-0.2, 0) is 0 Å². The van der Waals surface area contributed by atoms with Crippen molar-refractivity contribution in [2.75, 3.05) is 0 Å². The van der Waals surface area contributed by atoms with Gasteiger partial charge in [-0.3, -0.25) is 0 Å². The van der Waals surface area contributed by atoms with Crippen molar-refractivity contribution >= 4 is 33.7 Å². The lowest BCUT2D eigenvalue weighted by atomic mass is 9.96. The molecule has 3 aromatic rings. The van der Waals surface area contributed by atoms with Crippen LogP contribution in [-0.4, -0.2) is 0 Å². The lowest BCUT2D eigenvalue weighted by Gasteiger charge is -2.07. The van der Waals surface area contributed by atoms with E-state index in [1.165, 1.54) is 32.7 Å². The number of fused-ring (bicyclic) bond motifs is 2. The first kappa shape index (κ1) is 9.50. The van der Waals surface area contributed by atoms with E-state index in [9.17, 15) is 0 Å². The molecule has 1 aliphatic rings. The molecular weight excluding hydrogens is 216 g/mol. The summed E-state index contributed by atoms with van der Waals surface area (Å²) in [6.45, 7) is 0. The third-order valence-electron chi connectivity index (χ3n) is 3.65. The molecular formula is C18H10. The summed E-state index contributed by atoms with van der Waals surface area (Å²) in [5.74, 6) is 2.71. The lowest BCUT2D eigenvalue weighted by Crippen LogP contribution is -1.83. The molecule has 4 rings (SSSR count). The fourth-order valence-corrected chi connectivity index (χ4v) is 2.81. The zero-order chi connectivity index (χ0) is 12.1. The Balaban J connectivity index is 2.30. The molecule has 3 aromatic carbocycles. The van der Waals surface area contributed by atoms with Gasteiger partial charge in [-0.15, -0.1) is 6.42 Å². The van der Waals surface area contributed by atoms with E-state index in [2.05, 4.69) is 54.5 Å². The minimum absolute atomic E-state index is 0.939. The zero-order valence-electron chi connectivity index (χ0n) is 9.77. The summed E-state index contributed by atoms with van der Waals surface area (Å²) < 4.78 is 0. The molecule has 0 bridgehead atoms. The van der Waals surface area contributed by atoms with E-state index in [1.54, 1.807) is 0 Å². The first-order chi connectivity index (χ1) is 8.86. The summed E-state index contributed by atoms with van der Waals surface area (Å²) in [7, 11) is 0. The second-order valence-corrected chi connectivity index (χ2v) is 4.65. The van der Waals surface area contributed by atoms with Crippen LogP contribution in [0.5, 0.6) is 0 Å². The summed E-state index contributed by atoms with van der Waals surface area (Å²) in [5, 5.41) is 5.14. The van der Waals surface area contributed by atoms with E-state index in [0.29, 0.717) is 0 Å². The first-order valence-corrected chi connectivity index (χ1v) is 6.01. The monoisotopic (exact) mass is 226 g/mol. The fourth-order valence-electron chi connectivity index (χ4n) is 2.81. The molecule has 0 N–H and O–H groups in total. The molecule has 0 fully saturated rings. The summed E-state index contributed by atoms with van der Waals surface area (Å²) in [4.78, 5) is 0. The summed E-state index contributed by atoms with van der Waals surface area (Å²) in [6.07, 6.45) is 9.86. The van der Waals surface area contributed by atoms with Crippen molar-refractivity contribution in [1.82, 2.24) is 0 Å². The van der Waals surface area contributed by atoms with Crippen molar-refractivity contribution in [2.24, 2.45) is 0 Å². The van der Waals surface area contributed by atoms with Crippen molar-refractivity contribution in [1.29, 1.82) is 0 Å². The third kappa shape index (κ3) is 1.11. The molecule has 0 aromatic heterocycles. The van der Waals surface area contributed by atoms with Crippen molar-refractivity contribution in [2.45, 2.75) is 0 Å². The standard InChI is InChI=1S/C18H10/c1-2-12-6-7-14-11-15-9-8-13-4-3-5-16(18(13)15)17(14)10-12/h1,3-11H. The van der Waals surface area contributed by atoms with Crippen LogP contribution in [0.15, 0.2) is 42.5 Å². The van der Waals surface area contributed by atoms with Gasteiger partial charge in [0.2, 0.25) is 0 Å². The van der Waals surface area contributed by atoms with E-state index < -0.39 is 0 Å². The average molecular weight is 226 g/mol. The Morgan fingerprint density at radius 3 is 2.61 bits per heavy atom. The van der Waals surface area contributed by atoms with E-state index in [0.717, 1.165) is 5.56 Å². The highest BCUT2D eigenvalue weighted by Crippen LogP contribution is 2.36. The summed E-state index contributed by atoms with van der Waals surface area (Å²) >= 11 is 0. The maximum Gasteiger partial charge on any atom is 0.0249 e. The maximum atomic E-state index is 5.49. The van der Waals surface area contributed by atoms with Crippen LogP contribution in [0.1, 0.15) is 16.7 Å². The van der Waals surface area contributed by atoms with E-state index in [4.69, 9.17) is 6.42 Å². The Labute approximate surface area is 106 Å². The molecule has 0 saturated heterocycles. The molecule has 0 saturated carbocycles. The molecule has 0 unspecified atom stereocenters. The molecule has 82 valence electrons. The van der Waals surface area contributed by atoms with Crippen molar-refractivity contribution < 1.29 is 0 Å². The Kier molecular flexibility index (Phi) is 1.71. The van der Waals surface area contributed by atoms with Gasteiger partial charge in [0.05, 0.1) is 0 Å². The molecule has 18 heavy (non-hydrogen) atoms. The van der Waals surface area contributed by atoms with Crippen LogP contribution in [0.2, 0.25) is 0 Å². The average Bonchev–Trinajstić information content (AvgIpc) is 2.83. The number of hydrogen-bond donors (Lipinski definition) is 0. The molecule has 0 atom stereocenters. The molecule has 0 aliphatic heterocycles. The van der Waals surface area contributed by atoms with Gasteiger partial charge in [-0.1, -0.05) is 42.3 Å². The summed E-state index contributed by atoms with van der Waals surface area (Å²) in [5.41, 5.74) is 3.55.